The molecule has 8 nitrogen and oxygen atoms in total. The van der Waals surface area contributed by atoms with Crippen LogP contribution in [0.25, 0.3) is 0 Å². The van der Waals surface area contributed by atoms with Gasteiger partial charge in [0, 0.05) is 11.3 Å². The lowest BCUT2D eigenvalue weighted by molar-refractivity contribution is 0.168. The molecule has 1 fully saturated rings. The van der Waals surface area contributed by atoms with Crippen molar-refractivity contribution >= 4 is 34.5 Å². The van der Waals surface area contributed by atoms with Gasteiger partial charge in [-0.2, -0.15) is 5.10 Å². The normalized spacial score (nSPS) is 18.1. The van der Waals surface area contributed by atoms with Crippen LogP contribution in [0.4, 0.5) is 15.3 Å². The predicted octanol–water partition coefficient (Wildman–Crippen LogP) is 6.44. The number of nitrogens with zero attached hydrogens (tertiary/aromatic N) is 2. The number of amides is 2. The molecule has 0 radical (unpaired) electrons. The number of anilines is 1. The van der Waals surface area contributed by atoms with Crippen LogP contribution in [0.3, 0.4) is 0 Å². The first-order valence-corrected chi connectivity index (χ1v) is 13.3. The summed E-state index contributed by atoms with van der Waals surface area (Å²) in [6, 6.07) is 13.2. The number of rotatable bonds is 9. The monoisotopic (exact) mass is 511 g/mol. The molecule has 1 aliphatic heterocycles. The maximum atomic E-state index is 12.9. The number of methoxy groups -OCH3 is 1. The molecular weight excluding hydrogens is 478 g/mol. The highest BCUT2D eigenvalue weighted by Crippen LogP contribution is 2.36. The summed E-state index contributed by atoms with van der Waals surface area (Å²) >= 11 is 1.29. The van der Waals surface area contributed by atoms with Crippen LogP contribution in [-0.4, -0.2) is 47.1 Å². The standard InChI is InChI=1S/C27H33N3O5S/c1-4-24-25(19-12-15-22(33-3)23(16-19)35-21-8-6-7-9-21)29-30(27(32)36-24)17-18-10-13-20(14-11-18)28-26(31)34-5-2/h10-16,21,24H,4-9,17H2,1-3H3,(H,28,31). The van der Waals surface area contributed by atoms with Crippen LogP contribution in [-0.2, 0) is 11.3 Å². The van der Waals surface area contributed by atoms with Crippen molar-refractivity contribution in [3.8, 4) is 11.5 Å². The first-order chi connectivity index (χ1) is 17.5. The zero-order valence-corrected chi connectivity index (χ0v) is 21.8. The van der Waals surface area contributed by atoms with Crippen LogP contribution in [0.2, 0.25) is 0 Å². The van der Waals surface area contributed by atoms with Gasteiger partial charge in [-0.3, -0.25) is 10.1 Å². The smallest absolute Gasteiger partial charge is 0.411 e. The predicted molar refractivity (Wildman–Crippen MR) is 142 cm³/mol. The van der Waals surface area contributed by atoms with Crippen molar-refractivity contribution in [3.63, 3.8) is 0 Å². The minimum Gasteiger partial charge on any atom is -0.493 e. The van der Waals surface area contributed by atoms with Gasteiger partial charge in [0.05, 0.1) is 37.3 Å². The third kappa shape index (κ3) is 6.32. The molecule has 9 heteroatoms. The Morgan fingerprint density at radius 2 is 1.86 bits per heavy atom. The van der Waals surface area contributed by atoms with Crippen LogP contribution in [0.5, 0.6) is 11.5 Å². The van der Waals surface area contributed by atoms with E-state index in [0.29, 0.717) is 24.6 Å². The van der Waals surface area contributed by atoms with E-state index in [0.717, 1.165) is 41.9 Å². The van der Waals surface area contributed by atoms with Gasteiger partial charge in [0.1, 0.15) is 0 Å². The van der Waals surface area contributed by atoms with Crippen LogP contribution in [0.1, 0.15) is 57.1 Å². The summed E-state index contributed by atoms with van der Waals surface area (Å²) in [6.07, 6.45) is 4.97. The Morgan fingerprint density at radius 3 is 2.53 bits per heavy atom. The van der Waals surface area contributed by atoms with Crippen molar-refractivity contribution in [1.82, 2.24) is 5.01 Å². The van der Waals surface area contributed by atoms with E-state index in [1.54, 1.807) is 26.2 Å². The van der Waals surface area contributed by atoms with Crippen molar-refractivity contribution in [2.24, 2.45) is 5.10 Å². The topological polar surface area (TPSA) is 89.5 Å². The molecule has 0 bridgehead atoms. The molecule has 192 valence electrons. The Labute approximate surface area is 216 Å². The fraction of sp³-hybridized carbons (Fsp3) is 0.444. The van der Waals surface area contributed by atoms with Gasteiger partial charge in [-0.15, -0.1) is 0 Å². The number of nitrogens with one attached hydrogen (secondary N) is 1. The number of carbonyl (C=O) groups is 2. The molecule has 36 heavy (non-hydrogen) atoms. The molecule has 0 spiro atoms. The van der Waals surface area contributed by atoms with E-state index in [-0.39, 0.29) is 16.6 Å². The van der Waals surface area contributed by atoms with Gasteiger partial charge in [0.2, 0.25) is 0 Å². The second-order valence-electron chi connectivity index (χ2n) is 8.76. The number of hydrogen-bond donors (Lipinski definition) is 1. The number of thioether (sulfide) groups is 1. The van der Waals surface area contributed by atoms with Gasteiger partial charge in [-0.25, -0.2) is 9.80 Å². The average molecular weight is 512 g/mol. The highest BCUT2D eigenvalue weighted by Gasteiger charge is 2.31. The Balaban J connectivity index is 1.55. The maximum Gasteiger partial charge on any atom is 0.411 e. The molecule has 1 atom stereocenters. The fourth-order valence-corrected chi connectivity index (χ4v) is 5.29. The van der Waals surface area contributed by atoms with Gasteiger partial charge in [-0.05, 0) is 74.9 Å². The Kier molecular flexibility index (Phi) is 8.74. The van der Waals surface area contributed by atoms with E-state index in [1.165, 1.54) is 29.6 Å². The second kappa shape index (κ2) is 12.2. The zero-order chi connectivity index (χ0) is 25.5. The summed E-state index contributed by atoms with van der Waals surface area (Å²) in [6.45, 7) is 4.45. The minimum atomic E-state index is -0.497. The second-order valence-corrected chi connectivity index (χ2v) is 9.91. The van der Waals surface area contributed by atoms with Gasteiger partial charge in [-0.1, -0.05) is 30.8 Å². The van der Waals surface area contributed by atoms with Crippen molar-refractivity contribution in [1.29, 1.82) is 0 Å². The first kappa shape index (κ1) is 25.9. The third-order valence-corrected chi connectivity index (χ3v) is 7.47. The molecule has 0 aromatic heterocycles. The Hall–Kier alpha value is -3.20. The number of benzene rings is 2. The summed E-state index contributed by atoms with van der Waals surface area (Å²) in [7, 11) is 1.65. The van der Waals surface area contributed by atoms with Gasteiger partial charge < -0.3 is 14.2 Å². The molecule has 1 unspecified atom stereocenters. The van der Waals surface area contributed by atoms with Crippen molar-refractivity contribution < 1.29 is 23.8 Å². The fourth-order valence-electron chi connectivity index (χ4n) is 4.36. The van der Waals surface area contributed by atoms with Gasteiger partial charge in [0.15, 0.2) is 11.5 Å². The van der Waals surface area contributed by atoms with E-state index in [9.17, 15) is 9.59 Å². The summed E-state index contributed by atoms with van der Waals surface area (Å²) in [5.41, 5.74) is 3.30. The van der Waals surface area contributed by atoms with Crippen molar-refractivity contribution in [2.75, 3.05) is 19.0 Å². The van der Waals surface area contributed by atoms with Crippen LogP contribution in [0, 0.1) is 0 Å². The number of hydrogen-bond acceptors (Lipinski definition) is 7. The first-order valence-electron chi connectivity index (χ1n) is 12.4. The molecule has 2 aromatic carbocycles. The molecule has 1 saturated carbocycles. The van der Waals surface area contributed by atoms with Gasteiger partial charge in [0.25, 0.3) is 0 Å². The number of carbonyl (C=O) groups excluding carboxylic acids is 2. The van der Waals surface area contributed by atoms with Crippen LogP contribution < -0.4 is 14.8 Å². The molecule has 0 saturated heterocycles. The Bertz CT molecular complexity index is 1100. The lowest BCUT2D eigenvalue weighted by Crippen LogP contribution is -2.34. The zero-order valence-electron chi connectivity index (χ0n) is 21.0. The molecule has 1 aliphatic carbocycles. The number of ether oxygens (including phenoxy) is 3. The molecule has 2 aromatic rings. The summed E-state index contributed by atoms with van der Waals surface area (Å²) in [5, 5.41) is 8.84. The van der Waals surface area contributed by atoms with E-state index in [1.807, 2.05) is 30.3 Å². The molecular formula is C27H33N3O5S. The van der Waals surface area contributed by atoms with E-state index in [4.69, 9.17) is 19.3 Å². The van der Waals surface area contributed by atoms with E-state index in [2.05, 4.69) is 12.2 Å². The molecule has 2 amide bonds. The minimum absolute atomic E-state index is 0.0439. The van der Waals surface area contributed by atoms with Crippen molar-refractivity contribution in [2.45, 2.75) is 63.9 Å². The Morgan fingerprint density at radius 1 is 1.11 bits per heavy atom. The maximum absolute atomic E-state index is 12.9. The highest BCUT2D eigenvalue weighted by atomic mass is 32.2. The lowest BCUT2D eigenvalue weighted by Gasteiger charge is -2.29. The van der Waals surface area contributed by atoms with Gasteiger partial charge >= 0.3 is 11.3 Å². The van der Waals surface area contributed by atoms with Crippen molar-refractivity contribution in [3.05, 3.63) is 53.6 Å². The SMILES string of the molecule is CCOC(=O)Nc1ccc(CN2N=C(c3ccc(OC)c(OC4CCCC4)c3)C(CC)SC2=O)cc1. The molecule has 1 N–H and O–H groups in total. The highest BCUT2D eigenvalue weighted by molar-refractivity contribution is 8.14. The number of hydrazone groups is 1. The molecule has 1 heterocycles. The quantitative estimate of drug-likeness (QED) is 0.417. The van der Waals surface area contributed by atoms with Crippen LogP contribution in [0.15, 0.2) is 47.6 Å². The summed E-state index contributed by atoms with van der Waals surface area (Å²) < 4.78 is 16.7. The summed E-state index contributed by atoms with van der Waals surface area (Å²) in [5.74, 6) is 1.42. The third-order valence-electron chi connectivity index (χ3n) is 6.22. The molecule has 2 aliphatic rings. The summed E-state index contributed by atoms with van der Waals surface area (Å²) in [4.78, 5) is 24.5. The lowest BCUT2D eigenvalue weighted by atomic mass is 10.0. The van der Waals surface area contributed by atoms with E-state index >= 15 is 0 Å². The molecule has 4 rings (SSSR count). The largest absolute Gasteiger partial charge is 0.493 e. The average Bonchev–Trinajstić information content (AvgIpc) is 3.39. The van der Waals surface area contributed by atoms with Crippen LogP contribution >= 0.6 is 11.8 Å². The van der Waals surface area contributed by atoms with E-state index < -0.39 is 6.09 Å².